The summed E-state index contributed by atoms with van der Waals surface area (Å²) in [5.41, 5.74) is 1.42. The van der Waals surface area contributed by atoms with E-state index in [1.54, 1.807) is 48.5 Å². The van der Waals surface area contributed by atoms with Gasteiger partial charge in [-0.25, -0.2) is 4.90 Å². The van der Waals surface area contributed by atoms with Crippen molar-refractivity contribution in [3.05, 3.63) is 75.6 Å². The molecule has 6 nitrogen and oxygen atoms in total. The van der Waals surface area contributed by atoms with Gasteiger partial charge in [-0.3, -0.25) is 9.59 Å². The zero-order valence-electron chi connectivity index (χ0n) is 16.1. The van der Waals surface area contributed by atoms with Gasteiger partial charge >= 0.3 is 0 Å². The molecule has 0 bridgehead atoms. The number of thiophene rings is 1. The fourth-order valence-corrected chi connectivity index (χ4v) is 4.24. The van der Waals surface area contributed by atoms with E-state index in [1.165, 1.54) is 25.6 Å². The second-order valence-corrected chi connectivity index (χ2v) is 7.67. The topological polar surface area (TPSA) is 67.9 Å². The Morgan fingerprint density at radius 3 is 2.37 bits per heavy atom. The number of ether oxygens (including phenoxy) is 2. The summed E-state index contributed by atoms with van der Waals surface area (Å²) in [5, 5.41) is 5.33. The maximum absolute atomic E-state index is 13.4. The van der Waals surface area contributed by atoms with Crippen LogP contribution in [-0.2, 0) is 9.59 Å². The van der Waals surface area contributed by atoms with E-state index in [2.05, 4.69) is 5.32 Å². The molecule has 8 heteroatoms. The van der Waals surface area contributed by atoms with Gasteiger partial charge in [-0.05, 0) is 41.8 Å². The summed E-state index contributed by atoms with van der Waals surface area (Å²) >= 11 is 7.60. The van der Waals surface area contributed by atoms with Gasteiger partial charge in [0.1, 0.15) is 17.2 Å². The molecule has 3 aromatic rings. The highest BCUT2D eigenvalue weighted by atomic mass is 35.5. The lowest BCUT2D eigenvalue weighted by Crippen LogP contribution is -2.32. The van der Waals surface area contributed by atoms with Crippen LogP contribution >= 0.6 is 22.9 Å². The first kappa shape index (κ1) is 20.0. The summed E-state index contributed by atoms with van der Waals surface area (Å²) in [6.45, 7) is 0. The first-order valence-corrected chi connectivity index (χ1v) is 10.2. The highest BCUT2D eigenvalue weighted by Crippen LogP contribution is 2.39. The molecule has 1 aliphatic heterocycles. The van der Waals surface area contributed by atoms with E-state index < -0.39 is 11.8 Å². The number of para-hydroxylation sites is 2. The molecular weight excluding hydrogens is 424 g/mol. The fraction of sp³-hybridized carbons (Fsp3) is 0.0909. The first-order chi connectivity index (χ1) is 14.5. The number of nitrogens with one attached hydrogen (secondary N) is 1. The second-order valence-electron chi connectivity index (χ2n) is 6.32. The van der Waals surface area contributed by atoms with E-state index in [1.807, 2.05) is 11.4 Å². The number of rotatable bonds is 6. The Morgan fingerprint density at radius 2 is 1.70 bits per heavy atom. The Morgan fingerprint density at radius 1 is 0.933 bits per heavy atom. The van der Waals surface area contributed by atoms with Crippen LogP contribution in [0.1, 0.15) is 4.88 Å². The SMILES string of the molecule is COc1ccc(NC2=C(c3cccs3)C(=O)N(c3ccccc3OC)C2=O)cc1Cl. The normalized spacial score (nSPS) is 13.8. The zero-order chi connectivity index (χ0) is 21.3. The molecule has 0 spiro atoms. The minimum Gasteiger partial charge on any atom is -0.495 e. The molecule has 0 unspecified atom stereocenters. The van der Waals surface area contributed by atoms with Gasteiger partial charge in [-0.1, -0.05) is 29.8 Å². The lowest BCUT2D eigenvalue weighted by molar-refractivity contribution is -0.120. The third-order valence-electron chi connectivity index (χ3n) is 4.60. The average Bonchev–Trinajstić information content (AvgIpc) is 3.35. The van der Waals surface area contributed by atoms with E-state index in [-0.39, 0.29) is 5.70 Å². The van der Waals surface area contributed by atoms with Gasteiger partial charge in [0.15, 0.2) is 0 Å². The summed E-state index contributed by atoms with van der Waals surface area (Å²) in [6, 6.07) is 15.6. The summed E-state index contributed by atoms with van der Waals surface area (Å²) in [7, 11) is 3.02. The molecule has 0 saturated heterocycles. The summed E-state index contributed by atoms with van der Waals surface area (Å²) < 4.78 is 10.5. The monoisotopic (exact) mass is 440 g/mol. The van der Waals surface area contributed by atoms with Crippen LogP contribution in [0, 0.1) is 0 Å². The molecule has 0 atom stereocenters. The maximum atomic E-state index is 13.4. The highest BCUT2D eigenvalue weighted by Gasteiger charge is 2.41. The molecule has 4 rings (SSSR count). The van der Waals surface area contributed by atoms with Crippen molar-refractivity contribution >= 4 is 51.7 Å². The Hall–Kier alpha value is -3.29. The minimum atomic E-state index is -0.472. The molecule has 0 fully saturated rings. The third kappa shape index (κ3) is 3.42. The molecule has 1 aliphatic rings. The van der Waals surface area contributed by atoms with Crippen molar-refractivity contribution in [3.63, 3.8) is 0 Å². The van der Waals surface area contributed by atoms with E-state index in [0.29, 0.717) is 38.3 Å². The van der Waals surface area contributed by atoms with Gasteiger partial charge in [-0.15, -0.1) is 11.3 Å². The fourth-order valence-electron chi connectivity index (χ4n) is 3.22. The quantitative estimate of drug-likeness (QED) is 0.557. The van der Waals surface area contributed by atoms with E-state index in [4.69, 9.17) is 21.1 Å². The molecule has 0 saturated carbocycles. The number of benzene rings is 2. The molecule has 2 amide bonds. The number of carbonyl (C=O) groups is 2. The number of carbonyl (C=O) groups excluding carboxylic acids is 2. The highest BCUT2D eigenvalue weighted by molar-refractivity contribution is 7.11. The van der Waals surface area contributed by atoms with Crippen molar-refractivity contribution in [2.75, 3.05) is 24.4 Å². The lowest BCUT2D eigenvalue weighted by Gasteiger charge is -2.18. The number of imide groups is 1. The van der Waals surface area contributed by atoms with Crippen molar-refractivity contribution in [3.8, 4) is 11.5 Å². The smallest absolute Gasteiger partial charge is 0.282 e. The summed E-state index contributed by atoms with van der Waals surface area (Å²) in [4.78, 5) is 28.6. The van der Waals surface area contributed by atoms with Gasteiger partial charge in [0.25, 0.3) is 11.8 Å². The minimum absolute atomic E-state index is 0.176. The Kier molecular flexibility index (Phi) is 5.48. The number of amides is 2. The Balaban J connectivity index is 1.80. The van der Waals surface area contributed by atoms with Crippen molar-refractivity contribution in [1.29, 1.82) is 0 Å². The standard InChI is InChI=1S/C22H17ClN2O4S/c1-28-16-10-9-13(12-14(16)23)24-20-19(18-8-5-11-30-18)21(26)25(22(20)27)15-6-3-4-7-17(15)29-2/h3-12,24H,1-2H3. The molecule has 30 heavy (non-hydrogen) atoms. The molecule has 1 N–H and O–H groups in total. The zero-order valence-corrected chi connectivity index (χ0v) is 17.7. The predicted octanol–water partition coefficient (Wildman–Crippen LogP) is 4.82. The van der Waals surface area contributed by atoms with Crippen LogP contribution in [0.4, 0.5) is 11.4 Å². The molecule has 1 aromatic heterocycles. The predicted molar refractivity (Wildman–Crippen MR) is 118 cm³/mol. The molecule has 0 radical (unpaired) electrons. The van der Waals surface area contributed by atoms with Crippen LogP contribution in [0.25, 0.3) is 5.57 Å². The van der Waals surface area contributed by atoms with E-state index in [9.17, 15) is 9.59 Å². The van der Waals surface area contributed by atoms with Gasteiger partial charge < -0.3 is 14.8 Å². The van der Waals surface area contributed by atoms with Crippen LogP contribution < -0.4 is 19.7 Å². The number of hydrogen-bond acceptors (Lipinski definition) is 6. The van der Waals surface area contributed by atoms with Crippen molar-refractivity contribution < 1.29 is 19.1 Å². The number of methoxy groups -OCH3 is 2. The number of anilines is 2. The lowest BCUT2D eigenvalue weighted by atomic mass is 10.2. The molecule has 2 heterocycles. The van der Waals surface area contributed by atoms with Gasteiger partial charge in [-0.2, -0.15) is 0 Å². The Bertz CT molecular complexity index is 1160. The third-order valence-corrected chi connectivity index (χ3v) is 5.78. The number of nitrogens with zero attached hydrogens (tertiary/aromatic N) is 1. The van der Waals surface area contributed by atoms with Gasteiger partial charge in [0.2, 0.25) is 0 Å². The second kappa shape index (κ2) is 8.22. The van der Waals surface area contributed by atoms with Gasteiger partial charge in [0.05, 0.1) is 30.5 Å². The van der Waals surface area contributed by atoms with Crippen molar-refractivity contribution in [2.45, 2.75) is 0 Å². The van der Waals surface area contributed by atoms with E-state index in [0.717, 1.165) is 4.90 Å². The largest absolute Gasteiger partial charge is 0.495 e. The van der Waals surface area contributed by atoms with Crippen molar-refractivity contribution in [2.24, 2.45) is 0 Å². The van der Waals surface area contributed by atoms with Crippen LogP contribution in [-0.4, -0.2) is 26.0 Å². The van der Waals surface area contributed by atoms with E-state index >= 15 is 0 Å². The van der Waals surface area contributed by atoms with Crippen LogP contribution in [0.15, 0.2) is 65.7 Å². The van der Waals surface area contributed by atoms with Crippen LogP contribution in [0.2, 0.25) is 5.02 Å². The molecule has 152 valence electrons. The molecule has 0 aliphatic carbocycles. The molecular formula is C22H17ClN2O4S. The van der Waals surface area contributed by atoms with Crippen molar-refractivity contribution in [1.82, 2.24) is 0 Å². The number of hydrogen-bond donors (Lipinski definition) is 1. The Labute approximate surface area is 182 Å². The number of halogens is 1. The summed E-state index contributed by atoms with van der Waals surface area (Å²) in [5.74, 6) is 0.0477. The summed E-state index contributed by atoms with van der Waals surface area (Å²) in [6.07, 6.45) is 0. The van der Waals surface area contributed by atoms with Crippen LogP contribution in [0.5, 0.6) is 11.5 Å². The van der Waals surface area contributed by atoms with Gasteiger partial charge in [0, 0.05) is 10.6 Å². The average molecular weight is 441 g/mol. The molecule has 2 aromatic carbocycles. The van der Waals surface area contributed by atoms with Crippen LogP contribution in [0.3, 0.4) is 0 Å². The maximum Gasteiger partial charge on any atom is 0.282 e. The first-order valence-electron chi connectivity index (χ1n) is 8.95.